The van der Waals surface area contributed by atoms with Crippen molar-refractivity contribution in [2.24, 2.45) is 0 Å². The Morgan fingerprint density at radius 2 is 1.89 bits per heavy atom. The van der Waals surface area contributed by atoms with Crippen molar-refractivity contribution < 1.29 is 9.53 Å². The van der Waals surface area contributed by atoms with Gasteiger partial charge in [-0.15, -0.1) is 10.2 Å². The van der Waals surface area contributed by atoms with Crippen molar-refractivity contribution in [2.45, 2.75) is 49.6 Å². The van der Waals surface area contributed by atoms with E-state index in [4.69, 9.17) is 4.74 Å². The molecule has 1 aliphatic carbocycles. The summed E-state index contributed by atoms with van der Waals surface area (Å²) >= 11 is 1.40. The average Bonchev–Trinajstić information content (AvgIpc) is 3.33. The van der Waals surface area contributed by atoms with Crippen LogP contribution in [0, 0.1) is 0 Å². The number of nitrogens with zero attached hydrogens (tertiary/aromatic N) is 4. The van der Waals surface area contributed by atoms with Crippen LogP contribution in [0.15, 0.2) is 78.2 Å². The summed E-state index contributed by atoms with van der Waals surface area (Å²) in [6.45, 7) is 4.48. The standard InChI is InChI=1S/C28H29N5O2S/c1-3-35-23-13-11-22(12-14-23)33-26(21-15-17-29-18-16-21)31-32-28(33)36-19(2)27(34)30-25-10-6-8-20-7-4-5-9-24(20)25/h4-5,7,9,11-19,25H,3,6,8,10H2,1-2H3,(H,30,34)/t19-,25-/m1/s1. The molecule has 0 aliphatic heterocycles. The van der Waals surface area contributed by atoms with Gasteiger partial charge < -0.3 is 10.1 Å². The van der Waals surface area contributed by atoms with E-state index in [9.17, 15) is 4.79 Å². The molecule has 0 radical (unpaired) electrons. The van der Waals surface area contributed by atoms with E-state index in [0.29, 0.717) is 17.6 Å². The fourth-order valence-electron chi connectivity index (χ4n) is 4.53. The first-order valence-electron chi connectivity index (χ1n) is 12.3. The normalized spacial score (nSPS) is 15.7. The molecule has 0 spiro atoms. The summed E-state index contributed by atoms with van der Waals surface area (Å²) in [7, 11) is 0. The highest BCUT2D eigenvalue weighted by Crippen LogP contribution is 2.33. The van der Waals surface area contributed by atoms with E-state index in [0.717, 1.165) is 36.3 Å². The molecule has 1 N–H and O–H groups in total. The fourth-order valence-corrected chi connectivity index (χ4v) is 5.41. The maximum Gasteiger partial charge on any atom is 0.233 e. The van der Waals surface area contributed by atoms with Crippen LogP contribution in [0.2, 0.25) is 0 Å². The number of rotatable bonds is 8. The van der Waals surface area contributed by atoms with Gasteiger partial charge in [-0.1, -0.05) is 36.0 Å². The van der Waals surface area contributed by atoms with Crippen LogP contribution in [-0.4, -0.2) is 37.5 Å². The van der Waals surface area contributed by atoms with Crippen LogP contribution in [0.4, 0.5) is 0 Å². The molecule has 1 aliphatic rings. The lowest BCUT2D eigenvalue weighted by Crippen LogP contribution is -2.36. The second-order valence-corrected chi connectivity index (χ2v) is 10.0. The zero-order valence-corrected chi connectivity index (χ0v) is 21.2. The predicted octanol–water partition coefficient (Wildman–Crippen LogP) is 5.40. The first-order chi connectivity index (χ1) is 17.6. The lowest BCUT2D eigenvalue weighted by atomic mass is 9.88. The lowest BCUT2D eigenvalue weighted by Gasteiger charge is -2.27. The largest absolute Gasteiger partial charge is 0.494 e. The van der Waals surface area contributed by atoms with Gasteiger partial charge in [-0.3, -0.25) is 14.3 Å². The zero-order valence-electron chi connectivity index (χ0n) is 20.4. The topological polar surface area (TPSA) is 81.9 Å². The third kappa shape index (κ3) is 5.14. The van der Waals surface area contributed by atoms with Crippen LogP contribution in [-0.2, 0) is 11.2 Å². The van der Waals surface area contributed by atoms with Crippen LogP contribution >= 0.6 is 11.8 Å². The fraction of sp³-hybridized carbons (Fsp3) is 0.286. The molecule has 2 heterocycles. The summed E-state index contributed by atoms with van der Waals surface area (Å²) < 4.78 is 7.59. The maximum absolute atomic E-state index is 13.3. The first kappa shape index (κ1) is 24.1. The molecule has 4 aromatic rings. The molecule has 1 amide bonds. The van der Waals surface area contributed by atoms with Gasteiger partial charge in [0.15, 0.2) is 11.0 Å². The average molecular weight is 500 g/mol. The van der Waals surface area contributed by atoms with Gasteiger partial charge in [-0.05, 0) is 80.6 Å². The maximum atomic E-state index is 13.3. The van der Waals surface area contributed by atoms with Crippen molar-refractivity contribution in [3.8, 4) is 22.8 Å². The molecule has 0 unspecified atom stereocenters. The van der Waals surface area contributed by atoms with Crippen LogP contribution in [0.5, 0.6) is 5.75 Å². The number of carbonyl (C=O) groups is 1. The summed E-state index contributed by atoms with van der Waals surface area (Å²) in [5, 5.41) is 12.5. The van der Waals surface area contributed by atoms with E-state index in [2.05, 4.69) is 38.7 Å². The van der Waals surface area contributed by atoms with E-state index in [1.807, 2.05) is 60.9 Å². The van der Waals surface area contributed by atoms with Crippen molar-refractivity contribution in [3.05, 3.63) is 84.2 Å². The number of ether oxygens (including phenoxy) is 1. The van der Waals surface area contributed by atoms with Crippen molar-refractivity contribution >= 4 is 17.7 Å². The van der Waals surface area contributed by atoms with Gasteiger partial charge in [0.1, 0.15) is 5.75 Å². The summed E-state index contributed by atoms with van der Waals surface area (Å²) in [4.78, 5) is 17.4. The van der Waals surface area contributed by atoms with Gasteiger partial charge in [0, 0.05) is 23.6 Å². The van der Waals surface area contributed by atoms with Crippen molar-refractivity contribution in [3.63, 3.8) is 0 Å². The number of aromatic nitrogens is 4. The molecule has 0 saturated heterocycles. The molecule has 0 fully saturated rings. The smallest absolute Gasteiger partial charge is 0.233 e. The molecule has 7 nitrogen and oxygen atoms in total. The number of thioether (sulfide) groups is 1. The van der Waals surface area contributed by atoms with Gasteiger partial charge in [0.2, 0.25) is 5.91 Å². The third-order valence-corrected chi connectivity index (χ3v) is 7.36. The lowest BCUT2D eigenvalue weighted by molar-refractivity contribution is -0.121. The second kappa shape index (κ2) is 11.0. The molecule has 0 bridgehead atoms. The number of benzene rings is 2. The summed E-state index contributed by atoms with van der Waals surface area (Å²) in [6, 6.07) is 20.1. The van der Waals surface area contributed by atoms with Gasteiger partial charge in [0.25, 0.3) is 0 Å². The zero-order chi connectivity index (χ0) is 24.9. The minimum absolute atomic E-state index is 0.00610. The van der Waals surface area contributed by atoms with Crippen LogP contribution in [0.3, 0.4) is 0 Å². The highest BCUT2D eigenvalue weighted by Gasteiger charge is 2.26. The molecular weight excluding hydrogens is 470 g/mol. The van der Waals surface area contributed by atoms with E-state index in [1.54, 1.807) is 12.4 Å². The number of hydrogen-bond donors (Lipinski definition) is 1. The van der Waals surface area contributed by atoms with Crippen molar-refractivity contribution in [1.82, 2.24) is 25.1 Å². The van der Waals surface area contributed by atoms with Crippen LogP contribution < -0.4 is 10.1 Å². The number of fused-ring (bicyclic) bond motifs is 1. The molecule has 2 aromatic carbocycles. The molecule has 184 valence electrons. The van der Waals surface area contributed by atoms with E-state index < -0.39 is 0 Å². The minimum atomic E-state index is -0.352. The Morgan fingerprint density at radius 3 is 2.67 bits per heavy atom. The van der Waals surface area contributed by atoms with Crippen LogP contribution in [0.1, 0.15) is 43.9 Å². The van der Waals surface area contributed by atoms with E-state index >= 15 is 0 Å². The summed E-state index contributed by atoms with van der Waals surface area (Å²) in [5.41, 5.74) is 4.35. The molecule has 5 rings (SSSR count). The van der Waals surface area contributed by atoms with Gasteiger partial charge >= 0.3 is 0 Å². The number of amides is 1. The number of nitrogens with one attached hydrogen (secondary N) is 1. The Hall–Kier alpha value is -3.65. The summed E-state index contributed by atoms with van der Waals surface area (Å²) in [5.74, 6) is 1.49. The third-order valence-electron chi connectivity index (χ3n) is 6.32. The van der Waals surface area contributed by atoms with Crippen molar-refractivity contribution in [1.29, 1.82) is 0 Å². The molecule has 2 aromatic heterocycles. The first-order valence-corrected chi connectivity index (χ1v) is 13.2. The number of pyridine rings is 1. The number of hydrogen-bond acceptors (Lipinski definition) is 6. The quantitative estimate of drug-likeness (QED) is 0.327. The van der Waals surface area contributed by atoms with Crippen molar-refractivity contribution in [2.75, 3.05) is 6.61 Å². The van der Waals surface area contributed by atoms with E-state index in [-0.39, 0.29) is 17.2 Å². The van der Waals surface area contributed by atoms with Gasteiger partial charge in [-0.25, -0.2) is 0 Å². The highest BCUT2D eigenvalue weighted by molar-refractivity contribution is 8.00. The number of carbonyl (C=O) groups excluding carboxylic acids is 1. The molecule has 0 saturated carbocycles. The molecule has 2 atom stereocenters. The minimum Gasteiger partial charge on any atom is -0.494 e. The highest BCUT2D eigenvalue weighted by atomic mass is 32.2. The SMILES string of the molecule is CCOc1ccc(-n2c(S[C@H](C)C(=O)N[C@@H]3CCCc4ccccc43)nnc2-c2ccncc2)cc1. The molecule has 36 heavy (non-hydrogen) atoms. The van der Waals surface area contributed by atoms with Gasteiger partial charge in [-0.2, -0.15) is 0 Å². The number of aryl methyl sites for hydroxylation is 1. The van der Waals surface area contributed by atoms with Crippen LogP contribution in [0.25, 0.3) is 17.1 Å². The molecular formula is C28H29N5O2S. The van der Waals surface area contributed by atoms with Gasteiger partial charge in [0.05, 0.1) is 17.9 Å². The Labute approximate surface area is 215 Å². The second-order valence-electron chi connectivity index (χ2n) is 8.72. The predicted molar refractivity (Wildman–Crippen MR) is 141 cm³/mol. The molecule has 8 heteroatoms. The Bertz CT molecular complexity index is 1320. The van der Waals surface area contributed by atoms with E-state index in [1.165, 1.54) is 22.9 Å². The summed E-state index contributed by atoms with van der Waals surface area (Å²) in [6.07, 6.45) is 6.56. The Morgan fingerprint density at radius 1 is 1.11 bits per heavy atom. The Kier molecular flexibility index (Phi) is 7.32. The Balaban J connectivity index is 1.40. The monoisotopic (exact) mass is 499 g/mol.